The second-order valence-corrected chi connectivity index (χ2v) is 4.82. The maximum atomic E-state index is 13.3. The Bertz CT molecular complexity index is 802. The Labute approximate surface area is 121 Å². The smallest absolute Gasteiger partial charge is 0.165 e. The molecule has 0 atom stereocenters. The molecule has 3 aromatic rings. The minimum Gasteiger partial charge on any atom is -0.507 e. The first-order valence-corrected chi connectivity index (χ1v) is 6.57. The van der Waals surface area contributed by atoms with Gasteiger partial charge in [0.15, 0.2) is 11.6 Å². The Morgan fingerprint density at radius 3 is 2.43 bits per heavy atom. The Morgan fingerprint density at radius 1 is 0.857 bits per heavy atom. The van der Waals surface area contributed by atoms with Gasteiger partial charge in [0.25, 0.3) is 0 Å². The van der Waals surface area contributed by atoms with Crippen molar-refractivity contribution in [3.8, 4) is 11.5 Å². The van der Waals surface area contributed by atoms with Crippen LogP contribution in [0.1, 0.15) is 5.56 Å². The van der Waals surface area contributed by atoms with Crippen LogP contribution in [-0.4, -0.2) is 10.2 Å². The number of aromatic hydroxyl groups is 2. The van der Waals surface area contributed by atoms with Gasteiger partial charge < -0.3 is 15.5 Å². The van der Waals surface area contributed by atoms with Crippen LogP contribution in [0.5, 0.6) is 11.5 Å². The third kappa shape index (κ3) is 2.60. The van der Waals surface area contributed by atoms with E-state index in [0.717, 1.165) is 22.0 Å². The van der Waals surface area contributed by atoms with Crippen LogP contribution < -0.4 is 5.32 Å². The first kappa shape index (κ1) is 13.2. The van der Waals surface area contributed by atoms with Crippen molar-refractivity contribution in [1.82, 2.24) is 0 Å². The number of fused-ring (bicyclic) bond motifs is 1. The second-order valence-electron chi connectivity index (χ2n) is 4.82. The number of nitrogens with one attached hydrogen (secondary N) is 1. The fraction of sp³-hybridized carbons (Fsp3) is 0.0588. The van der Waals surface area contributed by atoms with Crippen LogP contribution >= 0.6 is 0 Å². The molecule has 0 fully saturated rings. The molecule has 0 saturated carbocycles. The number of anilines is 1. The summed E-state index contributed by atoms with van der Waals surface area (Å²) in [5.74, 6) is -0.759. The van der Waals surface area contributed by atoms with Crippen molar-refractivity contribution in [2.24, 2.45) is 0 Å². The largest absolute Gasteiger partial charge is 0.507 e. The van der Waals surface area contributed by atoms with E-state index in [4.69, 9.17) is 0 Å². The van der Waals surface area contributed by atoms with E-state index in [2.05, 4.69) is 5.32 Å². The molecule has 0 bridgehead atoms. The normalized spacial score (nSPS) is 10.7. The average molecular weight is 283 g/mol. The van der Waals surface area contributed by atoms with Crippen LogP contribution in [0.15, 0.2) is 54.6 Å². The molecule has 0 heterocycles. The minimum atomic E-state index is -0.634. The molecule has 3 aromatic carbocycles. The Hall–Kier alpha value is -2.75. The molecule has 0 unspecified atom stereocenters. The SMILES string of the molecule is Oc1ccc(CNc2cccc3c(O)cccc23)cc1F. The lowest BCUT2D eigenvalue weighted by Gasteiger charge is -2.11. The van der Waals surface area contributed by atoms with E-state index in [9.17, 15) is 14.6 Å². The molecule has 0 aliphatic carbocycles. The lowest BCUT2D eigenvalue weighted by molar-refractivity contribution is 0.432. The number of benzene rings is 3. The van der Waals surface area contributed by atoms with Gasteiger partial charge in [-0.25, -0.2) is 4.39 Å². The van der Waals surface area contributed by atoms with Crippen LogP contribution in [0.2, 0.25) is 0 Å². The zero-order chi connectivity index (χ0) is 14.8. The van der Waals surface area contributed by atoms with Gasteiger partial charge in [-0.05, 0) is 29.8 Å². The fourth-order valence-corrected chi connectivity index (χ4v) is 2.31. The van der Waals surface area contributed by atoms with Crippen molar-refractivity contribution < 1.29 is 14.6 Å². The molecule has 4 heteroatoms. The zero-order valence-electron chi connectivity index (χ0n) is 11.2. The molecule has 3 rings (SSSR count). The quantitative estimate of drug-likeness (QED) is 0.681. The van der Waals surface area contributed by atoms with Crippen molar-refractivity contribution in [1.29, 1.82) is 0 Å². The van der Waals surface area contributed by atoms with Gasteiger partial charge in [0.1, 0.15) is 5.75 Å². The molecule has 0 saturated heterocycles. The molecule has 0 spiro atoms. The average Bonchev–Trinajstić information content (AvgIpc) is 2.49. The van der Waals surface area contributed by atoms with E-state index in [1.54, 1.807) is 18.2 Å². The van der Waals surface area contributed by atoms with Gasteiger partial charge in [-0.15, -0.1) is 0 Å². The fourth-order valence-electron chi connectivity index (χ4n) is 2.31. The summed E-state index contributed by atoms with van der Waals surface area (Å²) in [6, 6.07) is 15.2. The molecule has 21 heavy (non-hydrogen) atoms. The van der Waals surface area contributed by atoms with Crippen LogP contribution in [0.4, 0.5) is 10.1 Å². The summed E-state index contributed by atoms with van der Waals surface area (Å²) in [6.45, 7) is 0.423. The number of phenols is 2. The summed E-state index contributed by atoms with van der Waals surface area (Å²) >= 11 is 0. The van der Waals surface area contributed by atoms with Gasteiger partial charge >= 0.3 is 0 Å². The van der Waals surface area contributed by atoms with Crippen LogP contribution in [-0.2, 0) is 6.54 Å². The van der Waals surface area contributed by atoms with E-state index in [1.165, 1.54) is 12.1 Å². The Kier molecular flexibility index (Phi) is 3.36. The van der Waals surface area contributed by atoms with Crippen molar-refractivity contribution in [3.05, 3.63) is 66.0 Å². The summed E-state index contributed by atoms with van der Waals surface area (Å²) < 4.78 is 13.3. The third-order valence-electron chi connectivity index (χ3n) is 3.39. The second kappa shape index (κ2) is 5.32. The molecule has 0 aliphatic heterocycles. The summed E-state index contributed by atoms with van der Waals surface area (Å²) in [5.41, 5.74) is 1.58. The molecular weight excluding hydrogens is 269 g/mol. The molecule has 106 valence electrons. The van der Waals surface area contributed by atoms with Gasteiger partial charge in [0, 0.05) is 23.0 Å². The summed E-state index contributed by atoms with van der Waals surface area (Å²) in [7, 11) is 0. The molecule has 3 nitrogen and oxygen atoms in total. The van der Waals surface area contributed by atoms with Crippen molar-refractivity contribution in [3.63, 3.8) is 0 Å². The first-order valence-electron chi connectivity index (χ1n) is 6.57. The van der Waals surface area contributed by atoms with E-state index in [0.29, 0.717) is 6.54 Å². The zero-order valence-corrected chi connectivity index (χ0v) is 11.2. The molecule has 0 aliphatic rings. The van der Waals surface area contributed by atoms with Gasteiger partial charge in [-0.3, -0.25) is 0 Å². The van der Waals surface area contributed by atoms with E-state index >= 15 is 0 Å². The highest BCUT2D eigenvalue weighted by Gasteiger charge is 2.05. The molecule has 3 N–H and O–H groups in total. The van der Waals surface area contributed by atoms with Crippen LogP contribution in [0, 0.1) is 5.82 Å². The lowest BCUT2D eigenvalue weighted by Crippen LogP contribution is -2.00. The van der Waals surface area contributed by atoms with E-state index < -0.39 is 5.82 Å². The van der Waals surface area contributed by atoms with Gasteiger partial charge in [0.05, 0.1) is 0 Å². The lowest BCUT2D eigenvalue weighted by atomic mass is 10.1. The summed E-state index contributed by atoms with van der Waals surface area (Å²) in [4.78, 5) is 0. The Balaban J connectivity index is 1.88. The van der Waals surface area contributed by atoms with E-state index in [-0.39, 0.29) is 11.5 Å². The highest BCUT2D eigenvalue weighted by atomic mass is 19.1. The monoisotopic (exact) mass is 283 g/mol. The number of hydrogen-bond donors (Lipinski definition) is 3. The predicted octanol–water partition coefficient (Wildman–Crippen LogP) is 4.00. The molecular formula is C17H14FNO2. The first-order chi connectivity index (χ1) is 10.1. The van der Waals surface area contributed by atoms with Gasteiger partial charge in [-0.1, -0.05) is 30.3 Å². The van der Waals surface area contributed by atoms with Crippen molar-refractivity contribution in [2.45, 2.75) is 6.54 Å². The standard InChI is InChI=1S/C17H14FNO2/c18-14-9-11(7-8-17(14)21)10-19-15-5-1-4-13-12(15)3-2-6-16(13)20/h1-9,19-21H,10H2. The van der Waals surface area contributed by atoms with Crippen molar-refractivity contribution in [2.75, 3.05) is 5.32 Å². The predicted molar refractivity (Wildman–Crippen MR) is 81.0 cm³/mol. The number of hydrogen-bond acceptors (Lipinski definition) is 3. The van der Waals surface area contributed by atoms with Crippen LogP contribution in [0.3, 0.4) is 0 Å². The Morgan fingerprint density at radius 2 is 1.62 bits per heavy atom. The van der Waals surface area contributed by atoms with Gasteiger partial charge in [-0.2, -0.15) is 0 Å². The van der Waals surface area contributed by atoms with Crippen LogP contribution in [0.25, 0.3) is 10.8 Å². The minimum absolute atomic E-state index is 0.229. The maximum absolute atomic E-state index is 13.3. The maximum Gasteiger partial charge on any atom is 0.165 e. The van der Waals surface area contributed by atoms with Crippen molar-refractivity contribution >= 4 is 16.5 Å². The summed E-state index contributed by atoms with van der Waals surface area (Å²) in [6.07, 6.45) is 0. The number of rotatable bonds is 3. The summed E-state index contributed by atoms with van der Waals surface area (Å²) in [5, 5.41) is 23.9. The highest BCUT2D eigenvalue weighted by molar-refractivity contribution is 5.97. The number of phenolic OH excluding ortho intramolecular Hbond substituents is 2. The highest BCUT2D eigenvalue weighted by Crippen LogP contribution is 2.30. The van der Waals surface area contributed by atoms with E-state index in [1.807, 2.05) is 24.3 Å². The molecule has 0 radical (unpaired) electrons. The molecule has 0 amide bonds. The third-order valence-corrected chi connectivity index (χ3v) is 3.39. The topological polar surface area (TPSA) is 52.5 Å². The number of halogens is 1. The molecule has 0 aromatic heterocycles. The van der Waals surface area contributed by atoms with Gasteiger partial charge in [0.2, 0.25) is 0 Å².